The highest BCUT2D eigenvalue weighted by atomic mass is 16.5. The molecule has 3 aromatic rings. The van der Waals surface area contributed by atoms with Crippen LogP contribution in [0.2, 0.25) is 0 Å². The van der Waals surface area contributed by atoms with E-state index in [9.17, 15) is 14.4 Å². The Kier molecular flexibility index (Phi) is 21.2. The number of unbranched alkanes of at least 4 members (excludes halogenated alkanes) is 2. The van der Waals surface area contributed by atoms with Crippen LogP contribution in [0.15, 0.2) is 91.0 Å². The maximum absolute atomic E-state index is 11.0. The molecule has 3 rings (SSSR count). The van der Waals surface area contributed by atoms with Crippen molar-refractivity contribution in [1.29, 1.82) is 0 Å². The summed E-state index contributed by atoms with van der Waals surface area (Å²) in [5, 5.41) is 8.43. The summed E-state index contributed by atoms with van der Waals surface area (Å²) in [4.78, 5) is 32.3. The summed E-state index contributed by atoms with van der Waals surface area (Å²) in [6.45, 7) is 4.16. The topological polar surface area (TPSA) is 89.9 Å². The second-order valence-corrected chi connectivity index (χ2v) is 11.3. The molecule has 0 saturated heterocycles. The number of carboxylic acid groups (broad SMARTS) is 1. The van der Waals surface area contributed by atoms with Crippen LogP contribution in [0.5, 0.6) is 0 Å². The van der Waals surface area contributed by atoms with Crippen LogP contribution in [0.3, 0.4) is 0 Å². The molecule has 1 N–H and O–H groups in total. The fourth-order valence-electron chi connectivity index (χ4n) is 4.65. The van der Waals surface area contributed by atoms with Gasteiger partial charge in [-0.2, -0.15) is 0 Å². The summed E-state index contributed by atoms with van der Waals surface area (Å²) >= 11 is 0. The Morgan fingerprint density at radius 1 is 0.591 bits per heavy atom. The van der Waals surface area contributed by atoms with E-state index in [2.05, 4.69) is 71.9 Å². The lowest BCUT2D eigenvalue weighted by Gasteiger charge is -2.09. The van der Waals surface area contributed by atoms with Crippen LogP contribution in [-0.2, 0) is 43.1 Å². The standard InChI is InChI=1S/C14H20O2.2C12H16O2/c1-12(11-14(15)16-2)7-6-10-13-8-4-3-5-9-13;1-10(9-12(13)14-2)8-11-6-4-3-5-7-11;13-12(14)10-6-2-5-9-11-7-3-1-4-8-11/h3-5,8-9,12H,6-7,10-11H2,1-2H3;3-7,10H,8-9H2,1-2H3;1,3-4,7-8H,2,5-6,9-10H2,(H,13,14). The number of rotatable bonds is 16. The number of ether oxygens (including phenoxy) is 2. The van der Waals surface area contributed by atoms with Gasteiger partial charge in [0.2, 0.25) is 0 Å². The molecule has 3 aromatic carbocycles. The molecule has 0 radical (unpaired) electrons. The van der Waals surface area contributed by atoms with Crippen molar-refractivity contribution in [3.05, 3.63) is 108 Å². The van der Waals surface area contributed by atoms with E-state index in [0.29, 0.717) is 31.1 Å². The third-order valence-corrected chi connectivity index (χ3v) is 7.12. The predicted octanol–water partition coefficient (Wildman–Crippen LogP) is 8.51. The summed E-state index contributed by atoms with van der Waals surface area (Å²) in [5.74, 6) is -0.175. The molecule has 0 amide bonds. The first-order valence-electron chi connectivity index (χ1n) is 15.7. The van der Waals surface area contributed by atoms with Crippen molar-refractivity contribution in [2.45, 2.75) is 84.5 Å². The number of esters is 2. The maximum Gasteiger partial charge on any atom is 0.305 e. The fraction of sp³-hybridized carbons (Fsp3) is 0.447. The first-order valence-corrected chi connectivity index (χ1v) is 15.7. The van der Waals surface area contributed by atoms with E-state index in [1.54, 1.807) is 0 Å². The Balaban J connectivity index is 0.000000331. The van der Waals surface area contributed by atoms with Crippen molar-refractivity contribution in [3.8, 4) is 0 Å². The van der Waals surface area contributed by atoms with Gasteiger partial charge in [0.05, 0.1) is 14.2 Å². The summed E-state index contributed by atoms with van der Waals surface area (Å²) in [6, 6.07) is 30.9. The predicted molar refractivity (Wildman–Crippen MR) is 177 cm³/mol. The number of aliphatic carboxylic acids is 1. The average molecular weight is 605 g/mol. The van der Waals surface area contributed by atoms with Crippen molar-refractivity contribution < 1.29 is 29.0 Å². The first kappa shape index (κ1) is 38.1. The monoisotopic (exact) mass is 604 g/mol. The highest BCUT2D eigenvalue weighted by molar-refractivity contribution is 5.69. The highest BCUT2D eigenvalue weighted by Crippen LogP contribution is 2.14. The molecule has 0 bridgehead atoms. The molecular weight excluding hydrogens is 552 g/mol. The summed E-state index contributed by atoms with van der Waals surface area (Å²) in [5.41, 5.74) is 3.97. The Morgan fingerprint density at radius 2 is 1.02 bits per heavy atom. The summed E-state index contributed by atoms with van der Waals surface area (Å²) in [7, 11) is 2.87. The van der Waals surface area contributed by atoms with Crippen LogP contribution in [-0.4, -0.2) is 37.2 Å². The Morgan fingerprint density at radius 3 is 1.48 bits per heavy atom. The number of benzene rings is 3. The minimum absolute atomic E-state index is 0.104. The van der Waals surface area contributed by atoms with Crippen LogP contribution < -0.4 is 0 Å². The summed E-state index contributed by atoms with van der Waals surface area (Å²) < 4.78 is 9.27. The number of aryl methyl sites for hydroxylation is 2. The molecule has 2 atom stereocenters. The zero-order valence-electron chi connectivity index (χ0n) is 27.1. The van der Waals surface area contributed by atoms with E-state index < -0.39 is 5.97 Å². The van der Waals surface area contributed by atoms with Gasteiger partial charge in [-0.15, -0.1) is 0 Å². The molecule has 0 heterocycles. The van der Waals surface area contributed by atoms with Gasteiger partial charge in [0.15, 0.2) is 0 Å². The van der Waals surface area contributed by atoms with Crippen LogP contribution in [0, 0.1) is 11.8 Å². The molecule has 0 aliphatic heterocycles. The van der Waals surface area contributed by atoms with Crippen molar-refractivity contribution in [2.24, 2.45) is 11.8 Å². The minimum Gasteiger partial charge on any atom is -0.481 e. The molecule has 0 aromatic heterocycles. The van der Waals surface area contributed by atoms with Gasteiger partial charge in [-0.1, -0.05) is 111 Å². The van der Waals surface area contributed by atoms with Crippen LogP contribution in [0.4, 0.5) is 0 Å². The van der Waals surface area contributed by atoms with E-state index in [0.717, 1.165) is 51.4 Å². The van der Waals surface area contributed by atoms with Gasteiger partial charge in [-0.05, 0) is 73.5 Å². The lowest BCUT2D eigenvalue weighted by atomic mass is 9.98. The van der Waals surface area contributed by atoms with E-state index in [-0.39, 0.29) is 11.9 Å². The quantitative estimate of drug-likeness (QED) is 0.130. The van der Waals surface area contributed by atoms with Gasteiger partial charge in [0.1, 0.15) is 0 Å². The second-order valence-electron chi connectivity index (χ2n) is 11.3. The zero-order valence-corrected chi connectivity index (χ0v) is 27.1. The van der Waals surface area contributed by atoms with E-state index in [1.807, 2.05) is 42.5 Å². The minimum atomic E-state index is -0.690. The van der Waals surface area contributed by atoms with Gasteiger partial charge in [0.25, 0.3) is 0 Å². The lowest BCUT2D eigenvalue weighted by molar-refractivity contribution is -0.142. The lowest BCUT2D eigenvalue weighted by Crippen LogP contribution is -2.09. The summed E-state index contributed by atoms with van der Waals surface area (Å²) in [6.07, 6.45) is 9.47. The van der Waals surface area contributed by atoms with E-state index >= 15 is 0 Å². The smallest absolute Gasteiger partial charge is 0.305 e. The molecule has 0 aliphatic carbocycles. The molecule has 240 valence electrons. The molecule has 2 unspecified atom stereocenters. The molecule has 0 aliphatic rings. The number of hydrogen-bond donors (Lipinski definition) is 1. The molecule has 0 fully saturated rings. The Hall–Kier alpha value is -3.93. The third kappa shape index (κ3) is 20.9. The SMILES string of the molecule is COC(=O)CC(C)CCCc1ccccc1.COC(=O)CC(C)Cc1ccccc1.O=C(O)CCCCCc1ccccc1. The molecule has 0 saturated carbocycles. The Bertz CT molecular complexity index is 1150. The molecule has 0 spiro atoms. The second kappa shape index (κ2) is 24.5. The van der Waals surface area contributed by atoms with Gasteiger partial charge >= 0.3 is 17.9 Å². The van der Waals surface area contributed by atoms with E-state index in [1.165, 1.54) is 30.9 Å². The van der Waals surface area contributed by atoms with Gasteiger partial charge in [-0.3, -0.25) is 14.4 Å². The van der Waals surface area contributed by atoms with Crippen molar-refractivity contribution in [3.63, 3.8) is 0 Å². The average Bonchev–Trinajstić information content (AvgIpc) is 3.02. The third-order valence-electron chi connectivity index (χ3n) is 7.12. The number of hydrogen-bond acceptors (Lipinski definition) is 5. The zero-order chi connectivity index (χ0) is 32.4. The number of carboxylic acids is 1. The van der Waals surface area contributed by atoms with E-state index in [4.69, 9.17) is 5.11 Å². The van der Waals surface area contributed by atoms with Gasteiger partial charge in [-0.25, -0.2) is 0 Å². The van der Waals surface area contributed by atoms with Crippen molar-refractivity contribution >= 4 is 17.9 Å². The number of carbonyl (C=O) groups excluding carboxylic acids is 2. The van der Waals surface area contributed by atoms with Crippen LogP contribution >= 0.6 is 0 Å². The van der Waals surface area contributed by atoms with Crippen LogP contribution in [0.1, 0.15) is 81.9 Å². The highest BCUT2D eigenvalue weighted by Gasteiger charge is 2.10. The van der Waals surface area contributed by atoms with Crippen molar-refractivity contribution in [1.82, 2.24) is 0 Å². The van der Waals surface area contributed by atoms with Gasteiger partial charge < -0.3 is 14.6 Å². The largest absolute Gasteiger partial charge is 0.481 e. The normalized spacial score (nSPS) is 11.5. The van der Waals surface area contributed by atoms with Gasteiger partial charge in [0, 0.05) is 19.3 Å². The molecule has 44 heavy (non-hydrogen) atoms. The maximum atomic E-state index is 11.0. The molecule has 6 nitrogen and oxygen atoms in total. The van der Waals surface area contributed by atoms with Crippen molar-refractivity contribution in [2.75, 3.05) is 14.2 Å². The first-order chi connectivity index (χ1) is 21.2. The molecule has 6 heteroatoms. The Labute approximate surface area is 264 Å². The fourth-order valence-corrected chi connectivity index (χ4v) is 4.65. The molecular formula is C38H52O6. The number of methoxy groups -OCH3 is 2. The van der Waals surface area contributed by atoms with Crippen LogP contribution in [0.25, 0.3) is 0 Å². The number of carbonyl (C=O) groups is 3.